The minimum absolute atomic E-state index is 0.201. The van der Waals surface area contributed by atoms with Gasteiger partial charge in [0.05, 0.1) is 0 Å². The van der Waals surface area contributed by atoms with Gasteiger partial charge in [-0.2, -0.15) is 0 Å². The van der Waals surface area contributed by atoms with Gasteiger partial charge in [0.1, 0.15) is 0 Å². The molecule has 2 aliphatic carbocycles. The fourth-order valence-electron chi connectivity index (χ4n) is 4.89. The van der Waals surface area contributed by atoms with Gasteiger partial charge in [-0.1, -0.05) is 53.4 Å². The van der Waals surface area contributed by atoms with Crippen molar-refractivity contribution in [1.29, 1.82) is 0 Å². The Bertz CT molecular complexity index is 446. The fourth-order valence-corrected chi connectivity index (χ4v) is 11.1. The van der Waals surface area contributed by atoms with Gasteiger partial charge in [-0.15, -0.1) is 8.19 Å². The highest BCUT2D eigenvalue weighted by molar-refractivity contribution is 7.60. The topological polar surface area (TPSA) is 0 Å². The highest BCUT2D eigenvalue weighted by Crippen LogP contribution is 2.65. The van der Waals surface area contributed by atoms with Gasteiger partial charge in [0.15, 0.2) is 0 Å². The van der Waals surface area contributed by atoms with E-state index in [1.165, 1.54) is 38.5 Å². The number of rotatable bonds is 4. The Balaban J connectivity index is 1.84. The number of aryl methyl sites for hydroxylation is 1. The lowest BCUT2D eigenvalue weighted by molar-refractivity contribution is 0.481. The molecule has 0 bridgehead atoms. The fraction of sp³-hybridized carbons (Fsp3) is 0.800. The van der Waals surface area contributed by atoms with Crippen molar-refractivity contribution in [2.75, 3.05) is 0 Å². The standard InChI is InChI=1S/C20H34P2/c1-15-14-21-20(16(15)2)17(3)22(18-10-6-4-7-11-18)19-12-8-5-9-13-19/h14,17-19,21H,4-13H2,1-3H3/t17-/m1/s1. The minimum Gasteiger partial charge on any atom is -0.135 e. The molecule has 2 atom stereocenters. The van der Waals surface area contributed by atoms with Gasteiger partial charge >= 0.3 is 0 Å². The van der Waals surface area contributed by atoms with E-state index in [4.69, 9.17) is 0 Å². The molecular formula is C20H34P2. The first-order valence-electron chi connectivity index (χ1n) is 9.60. The summed E-state index contributed by atoms with van der Waals surface area (Å²) in [4.78, 5) is 0. The zero-order valence-electron chi connectivity index (χ0n) is 14.8. The summed E-state index contributed by atoms with van der Waals surface area (Å²) in [6, 6.07) is 0. The Morgan fingerprint density at radius 1 is 0.909 bits per heavy atom. The summed E-state index contributed by atoms with van der Waals surface area (Å²) in [6.07, 6.45) is 15.3. The molecule has 1 aromatic rings. The Morgan fingerprint density at radius 2 is 1.41 bits per heavy atom. The molecule has 0 saturated heterocycles. The molecule has 0 nitrogen and oxygen atoms in total. The summed E-state index contributed by atoms with van der Waals surface area (Å²) in [7, 11) is 1.20. The van der Waals surface area contributed by atoms with E-state index in [1.807, 2.05) is 5.30 Å². The summed E-state index contributed by atoms with van der Waals surface area (Å²) in [5, 5.41) is 1.85. The largest absolute Gasteiger partial charge is 0.135 e. The zero-order chi connectivity index (χ0) is 15.5. The van der Waals surface area contributed by atoms with E-state index in [2.05, 4.69) is 26.6 Å². The summed E-state index contributed by atoms with van der Waals surface area (Å²) in [5.41, 5.74) is 6.31. The third kappa shape index (κ3) is 3.65. The van der Waals surface area contributed by atoms with Crippen LogP contribution in [0.15, 0.2) is 5.80 Å². The number of hydrogen-bond acceptors (Lipinski definition) is 0. The van der Waals surface area contributed by atoms with Gasteiger partial charge in [-0.3, -0.25) is 0 Å². The molecule has 0 N–H and O–H groups in total. The molecule has 0 radical (unpaired) electrons. The molecule has 0 aliphatic heterocycles. The molecule has 2 aliphatic rings. The van der Waals surface area contributed by atoms with Crippen LogP contribution in [0.2, 0.25) is 0 Å². The van der Waals surface area contributed by atoms with Gasteiger partial charge in [0.25, 0.3) is 0 Å². The monoisotopic (exact) mass is 336 g/mol. The van der Waals surface area contributed by atoms with Gasteiger partial charge in [-0.25, -0.2) is 0 Å². The Morgan fingerprint density at radius 3 is 1.82 bits per heavy atom. The lowest BCUT2D eigenvalue weighted by atomic mass is 9.99. The maximum absolute atomic E-state index is 2.62. The Hall–Kier alpha value is 0.210. The second kappa shape index (κ2) is 7.85. The molecule has 124 valence electrons. The third-order valence-corrected chi connectivity index (χ3v) is 12.1. The van der Waals surface area contributed by atoms with Crippen LogP contribution in [0.3, 0.4) is 0 Å². The van der Waals surface area contributed by atoms with Crippen LogP contribution in [0.5, 0.6) is 0 Å². The van der Waals surface area contributed by atoms with Crippen molar-refractivity contribution in [1.82, 2.24) is 0 Å². The first-order valence-corrected chi connectivity index (χ1v) is 12.2. The highest BCUT2D eigenvalue weighted by Gasteiger charge is 2.35. The van der Waals surface area contributed by atoms with E-state index >= 15 is 0 Å². The van der Waals surface area contributed by atoms with E-state index in [-0.39, 0.29) is 7.92 Å². The molecule has 2 fully saturated rings. The van der Waals surface area contributed by atoms with Crippen LogP contribution in [0.25, 0.3) is 0 Å². The second-order valence-corrected chi connectivity index (χ2v) is 12.0. The first-order chi connectivity index (χ1) is 10.7. The lowest BCUT2D eigenvalue weighted by Crippen LogP contribution is -2.22. The summed E-state index contributed by atoms with van der Waals surface area (Å²) in [5.74, 6) is 2.51. The normalized spacial score (nSPS) is 23.5. The van der Waals surface area contributed by atoms with Crippen molar-refractivity contribution in [2.24, 2.45) is 0 Å². The molecule has 22 heavy (non-hydrogen) atoms. The Kier molecular flexibility index (Phi) is 6.09. The molecule has 0 spiro atoms. The van der Waals surface area contributed by atoms with Crippen LogP contribution in [0.4, 0.5) is 0 Å². The van der Waals surface area contributed by atoms with E-state index in [9.17, 15) is 0 Å². The summed E-state index contributed by atoms with van der Waals surface area (Å²) in [6.45, 7) is 7.34. The van der Waals surface area contributed by atoms with Gasteiger partial charge in [0, 0.05) is 5.66 Å². The zero-order valence-corrected chi connectivity index (χ0v) is 16.7. The van der Waals surface area contributed by atoms with Crippen molar-refractivity contribution in [3.8, 4) is 0 Å². The SMILES string of the molecule is Cc1c[pH]c([C@@H](C)P(C2CCCCC2)C2CCCCC2)c1C. The van der Waals surface area contributed by atoms with Gasteiger partial charge < -0.3 is 0 Å². The first kappa shape index (κ1) is 17.0. The maximum Gasteiger partial charge on any atom is 0.00561 e. The van der Waals surface area contributed by atoms with Crippen LogP contribution in [-0.2, 0) is 0 Å². The van der Waals surface area contributed by atoms with Crippen molar-refractivity contribution >= 4 is 16.1 Å². The van der Waals surface area contributed by atoms with Crippen molar-refractivity contribution in [3.63, 3.8) is 0 Å². The van der Waals surface area contributed by atoms with Crippen molar-refractivity contribution in [3.05, 3.63) is 22.2 Å². The predicted molar refractivity (Wildman–Crippen MR) is 104 cm³/mol. The van der Waals surface area contributed by atoms with E-state index in [0.717, 1.165) is 25.2 Å². The molecule has 0 amide bonds. The minimum atomic E-state index is 0.201. The van der Waals surface area contributed by atoms with Crippen LogP contribution < -0.4 is 0 Å². The average Bonchev–Trinajstić information content (AvgIpc) is 2.89. The molecule has 0 aromatic carbocycles. The maximum atomic E-state index is 2.62. The highest BCUT2D eigenvalue weighted by atomic mass is 31.1. The van der Waals surface area contributed by atoms with Crippen molar-refractivity contribution in [2.45, 2.75) is 102 Å². The van der Waals surface area contributed by atoms with Crippen LogP contribution in [0, 0.1) is 13.8 Å². The third-order valence-electron chi connectivity index (χ3n) is 6.30. The predicted octanol–water partition coefficient (Wildman–Crippen LogP) is 7.54. The second-order valence-electron chi connectivity index (χ2n) is 7.72. The van der Waals surface area contributed by atoms with Gasteiger partial charge in [0.2, 0.25) is 0 Å². The molecule has 1 heterocycles. The quantitative estimate of drug-likeness (QED) is 0.498. The molecule has 1 unspecified atom stereocenters. The van der Waals surface area contributed by atoms with Crippen LogP contribution in [0.1, 0.15) is 93.2 Å². The van der Waals surface area contributed by atoms with Crippen LogP contribution >= 0.6 is 16.1 Å². The number of hydrogen-bond donors (Lipinski definition) is 0. The average molecular weight is 336 g/mol. The summed E-state index contributed by atoms with van der Waals surface area (Å²) < 4.78 is 0. The molecule has 2 saturated carbocycles. The molecular weight excluding hydrogens is 302 g/mol. The molecule has 2 heteroatoms. The van der Waals surface area contributed by atoms with Crippen LogP contribution in [-0.4, -0.2) is 11.3 Å². The lowest BCUT2D eigenvalue weighted by Gasteiger charge is -2.42. The van der Waals surface area contributed by atoms with E-state index in [1.54, 1.807) is 36.8 Å². The van der Waals surface area contributed by atoms with Gasteiger partial charge in [-0.05, 0) is 73.1 Å². The van der Waals surface area contributed by atoms with E-state index < -0.39 is 0 Å². The summed E-state index contributed by atoms with van der Waals surface area (Å²) >= 11 is 0. The molecule has 3 rings (SSSR count). The smallest absolute Gasteiger partial charge is 0.00561 e. The Labute approximate surface area is 140 Å². The van der Waals surface area contributed by atoms with E-state index in [0.29, 0.717) is 0 Å². The van der Waals surface area contributed by atoms with Crippen molar-refractivity contribution < 1.29 is 0 Å². The molecule has 1 aromatic heterocycles.